The number of hydrogen-bond acceptors (Lipinski definition) is 1. The van der Waals surface area contributed by atoms with Crippen molar-refractivity contribution in [1.82, 2.24) is 4.90 Å². The van der Waals surface area contributed by atoms with E-state index in [1.807, 2.05) is 0 Å². The van der Waals surface area contributed by atoms with Crippen molar-refractivity contribution in [3.63, 3.8) is 0 Å². The van der Waals surface area contributed by atoms with Crippen LogP contribution in [0.3, 0.4) is 0 Å². The predicted octanol–water partition coefficient (Wildman–Crippen LogP) is 2.88. The highest BCUT2D eigenvalue weighted by Gasteiger charge is 2.17. The number of hydrogen-bond donors (Lipinski definition) is 0. The van der Waals surface area contributed by atoms with Gasteiger partial charge in [0, 0.05) is 6.54 Å². The molecule has 2 rings (SSSR count). The third-order valence-electron chi connectivity index (χ3n) is 3.33. The van der Waals surface area contributed by atoms with Crippen molar-refractivity contribution in [2.45, 2.75) is 26.2 Å². The van der Waals surface area contributed by atoms with Crippen LogP contribution in [0.1, 0.15) is 24.0 Å². The van der Waals surface area contributed by atoms with E-state index in [4.69, 9.17) is 0 Å². The van der Waals surface area contributed by atoms with Crippen molar-refractivity contribution < 1.29 is 0 Å². The van der Waals surface area contributed by atoms with Crippen molar-refractivity contribution in [2.24, 2.45) is 5.92 Å². The van der Waals surface area contributed by atoms with E-state index in [0.717, 1.165) is 5.92 Å². The summed E-state index contributed by atoms with van der Waals surface area (Å²) in [6, 6.07) is 8.95. The number of piperidine rings is 1. The summed E-state index contributed by atoms with van der Waals surface area (Å²) in [5, 5.41) is 0. The molecule has 0 saturated carbocycles. The highest BCUT2D eigenvalue weighted by atomic mass is 15.1. The Morgan fingerprint density at radius 1 is 1.40 bits per heavy atom. The van der Waals surface area contributed by atoms with Gasteiger partial charge in [-0.05, 0) is 51.3 Å². The maximum absolute atomic E-state index is 2.46. The molecule has 0 aliphatic carbocycles. The van der Waals surface area contributed by atoms with Crippen LogP contribution in [0.15, 0.2) is 24.3 Å². The Balaban J connectivity index is 1.96. The van der Waals surface area contributed by atoms with Gasteiger partial charge < -0.3 is 4.90 Å². The molecular weight excluding hydrogens is 182 g/mol. The minimum atomic E-state index is 0.866. The Kier molecular flexibility index (Phi) is 3.42. The minimum Gasteiger partial charge on any atom is -0.306 e. The highest BCUT2D eigenvalue weighted by Crippen LogP contribution is 2.20. The lowest BCUT2D eigenvalue weighted by atomic mass is 9.91. The van der Waals surface area contributed by atoms with Gasteiger partial charge >= 0.3 is 0 Å². The summed E-state index contributed by atoms with van der Waals surface area (Å²) in [4.78, 5) is 2.46. The van der Waals surface area contributed by atoms with Crippen LogP contribution in [0.4, 0.5) is 0 Å². The van der Waals surface area contributed by atoms with Gasteiger partial charge in [0.1, 0.15) is 0 Å². The first kappa shape index (κ1) is 10.7. The molecule has 1 unspecified atom stereocenters. The molecule has 0 N–H and O–H groups in total. The second-order valence-electron chi connectivity index (χ2n) is 4.96. The van der Waals surface area contributed by atoms with E-state index in [2.05, 4.69) is 43.1 Å². The van der Waals surface area contributed by atoms with Crippen molar-refractivity contribution in [3.05, 3.63) is 35.4 Å². The van der Waals surface area contributed by atoms with Gasteiger partial charge in [0.05, 0.1) is 0 Å². The van der Waals surface area contributed by atoms with Gasteiger partial charge in [-0.3, -0.25) is 0 Å². The standard InChI is InChI=1S/C14H21N/c1-12-5-3-6-13(9-12)10-14-7-4-8-15(2)11-14/h3,5-6,9,14H,4,7-8,10-11H2,1-2H3. The Labute approximate surface area is 93.1 Å². The molecule has 1 fully saturated rings. The summed E-state index contributed by atoms with van der Waals surface area (Å²) in [6.07, 6.45) is 4.03. The quantitative estimate of drug-likeness (QED) is 0.714. The number of rotatable bonds is 2. The van der Waals surface area contributed by atoms with Crippen LogP contribution in [0, 0.1) is 12.8 Å². The maximum Gasteiger partial charge on any atom is 0.000979 e. The van der Waals surface area contributed by atoms with Crippen LogP contribution in [0.5, 0.6) is 0 Å². The summed E-state index contributed by atoms with van der Waals surface area (Å²) < 4.78 is 0. The molecule has 0 bridgehead atoms. The van der Waals surface area contributed by atoms with Crippen LogP contribution in [0.25, 0.3) is 0 Å². The number of likely N-dealkylation sites (tertiary alicyclic amines) is 1. The maximum atomic E-state index is 2.46. The van der Waals surface area contributed by atoms with E-state index < -0.39 is 0 Å². The summed E-state index contributed by atoms with van der Waals surface area (Å²) >= 11 is 0. The topological polar surface area (TPSA) is 3.24 Å². The summed E-state index contributed by atoms with van der Waals surface area (Å²) in [7, 11) is 2.24. The van der Waals surface area contributed by atoms with Crippen LogP contribution >= 0.6 is 0 Å². The number of aryl methyl sites for hydroxylation is 1. The van der Waals surface area contributed by atoms with Gasteiger partial charge in [-0.15, -0.1) is 0 Å². The summed E-state index contributed by atoms with van der Waals surface area (Å²) in [5.74, 6) is 0.866. The molecule has 0 spiro atoms. The van der Waals surface area contributed by atoms with Crippen LogP contribution in [0.2, 0.25) is 0 Å². The molecule has 1 nitrogen and oxygen atoms in total. The molecule has 1 aliphatic heterocycles. The molecule has 0 radical (unpaired) electrons. The molecule has 1 heteroatoms. The van der Waals surface area contributed by atoms with E-state index in [0.29, 0.717) is 0 Å². The summed E-state index contributed by atoms with van der Waals surface area (Å²) in [6.45, 7) is 4.73. The molecule has 1 atom stereocenters. The highest BCUT2D eigenvalue weighted by molar-refractivity contribution is 5.22. The van der Waals surface area contributed by atoms with Crippen LogP contribution in [-0.4, -0.2) is 25.0 Å². The Morgan fingerprint density at radius 3 is 3.00 bits per heavy atom. The molecule has 1 aliphatic rings. The third kappa shape index (κ3) is 3.07. The van der Waals surface area contributed by atoms with Gasteiger partial charge in [0.25, 0.3) is 0 Å². The Hall–Kier alpha value is -0.820. The van der Waals surface area contributed by atoms with Gasteiger partial charge in [-0.2, -0.15) is 0 Å². The van der Waals surface area contributed by atoms with Gasteiger partial charge in [-0.25, -0.2) is 0 Å². The summed E-state index contributed by atoms with van der Waals surface area (Å²) in [5.41, 5.74) is 2.90. The minimum absolute atomic E-state index is 0.866. The van der Waals surface area contributed by atoms with Crippen LogP contribution in [-0.2, 0) is 6.42 Å². The SMILES string of the molecule is Cc1cccc(CC2CCCN(C)C2)c1. The zero-order valence-corrected chi connectivity index (χ0v) is 9.87. The van der Waals surface area contributed by atoms with Crippen LogP contribution < -0.4 is 0 Å². The molecule has 1 heterocycles. The zero-order chi connectivity index (χ0) is 10.7. The molecule has 15 heavy (non-hydrogen) atoms. The van der Waals surface area contributed by atoms with Crippen molar-refractivity contribution in [1.29, 1.82) is 0 Å². The van der Waals surface area contributed by atoms with Crippen molar-refractivity contribution in [2.75, 3.05) is 20.1 Å². The van der Waals surface area contributed by atoms with Gasteiger partial charge in [0.15, 0.2) is 0 Å². The second kappa shape index (κ2) is 4.80. The zero-order valence-electron chi connectivity index (χ0n) is 9.87. The largest absolute Gasteiger partial charge is 0.306 e. The fourth-order valence-corrected chi connectivity index (χ4v) is 2.61. The van der Waals surface area contributed by atoms with E-state index >= 15 is 0 Å². The smallest absolute Gasteiger partial charge is 0.000979 e. The fraction of sp³-hybridized carbons (Fsp3) is 0.571. The van der Waals surface area contributed by atoms with E-state index in [9.17, 15) is 0 Å². The number of benzene rings is 1. The van der Waals surface area contributed by atoms with Gasteiger partial charge in [0.2, 0.25) is 0 Å². The lowest BCUT2D eigenvalue weighted by molar-refractivity contribution is 0.209. The third-order valence-corrected chi connectivity index (χ3v) is 3.33. The Bertz CT molecular complexity index is 319. The lowest BCUT2D eigenvalue weighted by Crippen LogP contribution is -2.32. The average Bonchev–Trinajstić information content (AvgIpc) is 2.17. The first-order valence-corrected chi connectivity index (χ1v) is 5.98. The molecule has 0 amide bonds. The molecular formula is C14H21N. The fourth-order valence-electron chi connectivity index (χ4n) is 2.61. The van der Waals surface area contributed by atoms with E-state index in [-0.39, 0.29) is 0 Å². The van der Waals surface area contributed by atoms with E-state index in [1.165, 1.54) is 43.5 Å². The van der Waals surface area contributed by atoms with E-state index in [1.54, 1.807) is 0 Å². The molecule has 1 aromatic carbocycles. The predicted molar refractivity (Wildman–Crippen MR) is 65.1 cm³/mol. The molecule has 1 aromatic rings. The first-order chi connectivity index (χ1) is 7.24. The first-order valence-electron chi connectivity index (χ1n) is 5.98. The van der Waals surface area contributed by atoms with Crippen molar-refractivity contribution >= 4 is 0 Å². The lowest BCUT2D eigenvalue weighted by Gasteiger charge is -2.29. The molecule has 0 aromatic heterocycles. The Morgan fingerprint density at radius 2 is 2.27 bits per heavy atom. The number of nitrogens with zero attached hydrogens (tertiary/aromatic N) is 1. The molecule has 82 valence electrons. The second-order valence-corrected chi connectivity index (χ2v) is 4.96. The normalized spacial score (nSPS) is 22.9. The monoisotopic (exact) mass is 203 g/mol. The van der Waals surface area contributed by atoms with Crippen molar-refractivity contribution in [3.8, 4) is 0 Å². The van der Waals surface area contributed by atoms with Gasteiger partial charge in [-0.1, -0.05) is 29.8 Å². The average molecular weight is 203 g/mol. The molecule has 1 saturated heterocycles.